The predicted molar refractivity (Wildman–Crippen MR) is 126 cm³/mol. The summed E-state index contributed by atoms with van der Waals surface area (Å²) in [6.45, 7) is 1.39. The van der Waals surface area contributed by atoms with Crippen LogP contribution in [-0.4, -0.2) is 48.7 Å². The Kier molecular flexibility index (Phi) is 3.49. The molecule has 3 atom stereocenters. The van der Waals surface area contributed by atoms with E-state index in [2.05, 4.69) is 45.7 Å². The fourth-order valence-electron chi connectivity index (χ4n) is 6.54. The topological polar surface area (TPSA) is 68.8 Å². The normalized spacial score (nSPS) is 24.0. The van der Waals surface area contributed by atoms with Gasteiger partial charge in [0, 0.05) is 29.8 Å². The first-order chi connectivity index (χ1) is 17.1. The summed E-state index contributed by atoms with van der Waals surface area (Å²) in [5.41, 5.74) is 5.24. The predicted octanol–water partition coefficient (Wildman–Crippen LogP) is 3.87. The Morgan fingerprint density at radius 2 is 1.80 bits per heavy atom. The van der Waals surface area contributed by atoms with Crippen LogP contribution in [0.15, 0.2) is 79.1 Å². The van der Waals surface area contributed by atoms with Crippen LogP contribution in [0.25, 0.3) is 22.3 Å². The molecule has 8 rings (SSSR count). The van der Waals surface area contributed by atoms with Crippen molar-refractivity contribution >= 4 is 16.8 Å². The standard InChI is InChI=1S/C27H19FN6O/c28-18-6-8-19(9-7-18)33-22-11-23-20(10-17(22)12-30-33)27-15-32(26(35)24-13-29-31-34(23)24)14-21(27)25(27)16-4-2-1-3-5-16/h1-13,21,25H,14-15H2/t21-,25-,27+/m0/s1. The lowest BCUT2D eigenvalue weighted by Crippen LogP contribution is -2.37. The van der Waals surface area contributed by atoms with Crippen molar-refractivity contribution in [2.75, 3.05) is 13.1 Å². The van der Waals surface area contributed by atoms with Gasteiger partial charge in [-0.3, -0.25) is 4.79 Å². The van der Waals surface area contributed by atoms with E-state index in [1.54, 1.807) is 27.7 Å². The second-order valence-corrected chi connectivity index (χ2v) is 9.71. The highest BCUT2D eigenvalue weighted by Gasteiger charge is 2.71. The number of fused-ring (bicyclic) bond motifs is 5. The van der Waals surface area contributed by atoms with E-state index >= 15 is 0 Å². The average Bonchev–Trinajstić information content (AvgIpc) is 3.34. The highest BCUT2D eigenvalue weighted by Crippen LogP contribution is 2.70. The minimum atomic E-state index is -0.294. The third-order valence-corrected chi connectivity index (χ3v) is 8.08. The zero-order valence-electron chi connectivity index (χ0n) is 18.5. The molecule has 1 aliphatic carbocycles. The molecule has 5 aromatic rings. The lowest BCUT2D eigenvalue weighted by molar-refractivity contribution is 0.0757. The number of piperidine rings is 1. The van der Waals surface area contributed by atoms with Crippen molar-refractivity contribution < 1.29 is 9.18 Å². The minimum Gasteiger partial charge on any atom is -0.336 e. The Morgan fingerprint density at radius 1 is 0.971 bits per heavy atom. The molecule has 4 heterocycles. The largest absolute Gasteiger partial charge is 0.336 e. The lowest BCUT2D eigenvalue weighted by atomic mass is 9.87. The Labute approximate surface area is 199 Å². The van der Waals surface area contributed by atoms with E-state index in [-0.39, 0.29) is 17.1 Å². The van der Waals surface area contributed by atoms with Gasteiger partial charge >= 0.3 is 0 Å². The average molecular weight is 462 g/mol. The van der Waals surface area contributed by atoms with Gasteiger partial charge in [-0.25, -0.2) is 13.8 Å². The number of carbonyl (C=O) groups excluding carboxylic acids is 1. The molecule has 7 nitrogen and oxygen atoms in total. The number of carbonyl (C=O) groups is 1. The maximum absolute atomic E-state index is 13.5. The van der Waals surface area contributed by atoms with Crippen molar-refractivity contribution in [1.82, 2.24) is 29.7 Å². The molecule has 1 amide bonds. The molecule has 2 bridgehead atoms. The fourth-order valence-corrected chi connectivity index (χ4v) is 6.54. The number of aromatic nitrogens is 5. The van der Waals surface area contributed by atoms with Gasteiger partial charge in [0.1, 0.15) is 5.82 Å². The Morgan fingerprint density at radius 3 is 2.63 bits per heavy atom. The summed E-state index contributed by atoms with van der Waals surface area (Å²) in [5.74, 6) is 0.347. The molecule has 2 aromatic heterocycles. The van der Waals surface area contributed by atoms with E-state index in [4.69, 9.17) is 0 Å². The zero-order chi connectivity index (χ0) is 23.3. The van der Waals surface area contributed by atoms with Crippen LogP contribution in [0, 0.1) is 11.7 Å². The molecule has 1 saturated heterocycles. The SMILES string of the molecule is O=C1c2cnnn2-c2cc3c(cnn3-c3ccc(F)cc3)cc2[C@]23CN1C[C@H]2[C@@H]3c1ccccc1. The first-order valence-electron chi connectivity index (χ1n) is 11.7. The van der Waals surface area contributed by atoms with E-state index in [9.17, 15) is 9.18 Å². The van der Waals surface area contributed by atoms with Crippen LogP contribution in [0.4, 0.5) is 4.39 Å². The molecule has 0 radical (unpaired) electrons. The molecule has 3 aliphatic rings. The van der Waals surface area contributed by atoms with Crippen LogP contribution in [-0.2, 0) is 5.41 Å². The second-order valence-electron chi connectivity index (χ2n) is 9.71. The number of hydrogen-bond donors (Lipinski definition) is 0. The quantitative estimate of drug-likeness (QED) is 0.400. The molecular formula is C27H19FN6O. The third-order valence-electron chi connectivity index (χ3n) is 8.08. The lowest BCUT2D eigenvalue weighted by Gasteiger charge is -2.29. The van der Waals surface area contributed by atoms with Crippen molar-refractivity contribution in [3.8, 4) is 11.4 Å². The van der Waals surface area contributed by atoms with E-state index < -0.39 is 0 Å². The smallest absolute Gasteiger partial charge is 0.274 e. The Hall–Kier alpha value is -4.33. The van der Waals surface area contributed by atoms with Gasteiger partial charge in [0.05, 0.1) is 29.3 Å². The van der Waals surface area contributed by atoms with Gasteiger partial charge in [-0.1, -0.05) is 35.5 Å². The molecule has 0 N–H and O–H groups in total. The highest BCUT2D eigenvalue weighted by atomic mass is 19.1. The monoisotopic (exact) mass is 462 g/mol. The maximum Gasteiger partial charge on any atom is 0.274 e. The number of halogens is 1. The summed E-state index contributed by atoms with van der Waals surface area (Å²) in [7, 11) is 0. The molecule has 1 saturated carbocycles. The summed E-state index contributed by atoms with van der Waals surface area (Å²) in [4.78, 5) is 15.4. The van der Waals surface area contributed by atoms with Crippen LogP contribution in [0.5, 0.6) is 0 Å². The van der Waals surface area contributed by atoms with Gasteiger partial charge in [0.15, 0.2) is 5.69 Å². The summed E-state index contributed by atoms with van der Waals surface area (Å²) in [6.07, 6.45) is 3.40. The highest BCUT2D eigenvalue weighted by molar-refractivity contribution is 5.95. The van der Waals surface area contributed by atoms with Crippen molar-refractivity contribution in [1.29, 1.82) is 0 Å². The zero-order valence-corrected chi connectivity index (χ0v) is 18.5. The molecule has 3 aromatic carbocycles. The molecule has 2 aliphatic heterocycles. The third kappa shape index (κ3) is 2.38. The molecular weight excluding hydrogens is 443 g/mol. The summed E-state index contributed by atoms with van der Waals surface area (Å²) in [5, 5.41) is 14.0. The molecule has 8 heteroatoms. The van der Waals surface area contributed by atoms with E-state index in [1.807, 2.05) is 23.2 Å². The Balaban J connectivity index is 1.40. The molecule has 0 unspecified atom stereocenters. The van der Waals surface area contributed by atoms with Gasteiger partial charge in [-0.2, -0.15) is 5.10 Å². The summed E-state index contributed by atoms with van der Waals surface area (Å²) < 4.78 is 17.0. The van der Waals surface area contributed by atoms with Gasteiger partial charge in [0.2, 0.25) is 0 Å². The van der Waals surface area contributed by atoms with E-state index in [0.29, 0.717) is 24.1 Å². The fraction of sp³-hybridized carbons (Fsp3) is 0.185. The van der Waals surface area contributed by atoms with Crippen LogP contribution in [0.2, 0.25) is 0 Å². The summed E-state index contributed by atoms with van der Waals surface area (Å²) in [6, 6.07) is 21.1. The van der Waals surface area contributed by atoms with Crippen LogP contribution < -0.4 is 0 Å². The van der Waals surface area contributed by atoms with E-state index in [0.717, 1.165) is 28.8 Å². The number of hydrogen-bond acceptors (Lipinski definition) is 4. The Bertz CT molecular complexity index is 1660. The number of amides is 1. The number of rotatable bonds is 2. The molecule has 2 fully saturated rings. The molecule has 170 valence electrons. The minimum absolute atomic E-state index is 0.0359. The van der Waals surface area contributed by atoms with Gasteiger partial charge in [-0.05, 0) is 53.4 Å². The van der Waals surface area contributed by atoms with Crippen LogP contribution in [0.1, 0.15) is 27.5 Å². The van der Waals surface area contributed by atoms with Crippen LogP contribution in [0.3, 0.4) is 0 Å². The van der Waals surface area contributed by atoms with Gasteiger partial charge in [0.25, 0.3) is 5.91 Å². The van der Waals surface area contributed by atoms with E-state index in [1.165, 1.54) is 23.3 Å². The maximum atomic E-state index is 13.5. The first kappa shape index (κ1) is 19.0. The van der Waals surface area contributed by atoms with Gasteiger partial charge < -0.3 is 4.90 Å². The molecule has 35 heavy (non-hydrogen) atoms. The first-order valence-corrected chi connectivity index (χ1v) is 11.7. The second kappa shape index (κ2) is 6.41. The van der Waals surface area contributed by atoms with Crippen LogP contribution >= 0.6 is 0 Å². The number of nitrogens with zero attached hydrogens (tertiary/aromatic N) is 6. The van der Waals surface area contributed by atoms with Crippen molar-refractivity contribution in [2.24, 2.45) is 5.92 Å². The number of benzene rings is 3. The van der Waals surface area contributed by atoms with Crippen molar-refractivity contribution in [3.05, 3.63) is 102 Å². The van der Waals surface area contributed by atoms with Crippen molar-refractivity contribution in [2.45, 2.75) is 11.3 Å². The summed E-state index contributed by atoms with van der Waals surface area (Å²) >= 11 is 0. The van der Waals surface area contributed by atoms with Gasteiger partial charge in [-0.15, -0.1) is 5.10 Å². The van der Waals surface area contributed by atoms with Crippen molar-refractivity contribution in [3.63, 3.8) is 0 Å². The molecule has 1 spiro atoms.